The first-order chi connectivity index (χ1) is 8.11. The van der Waals surface area contributed by atoms with Gasteiger partial charge in [-0.3, -0.25) is 0 Å². The van der Waals surface area contributed by atoms with E-state index in [1.54, 1.807) is 6.92 Å². The van der Waals surface area contributed by atoms with Crippen molar-refractivity contribution in [2.24, 2.45) is 0 Å². The molecule has 0 saturated carbocycles. The van der Waals surface area contributed by atoms with Crippen LogP contribution in [0.4, 0.5) is 0 Å². The molecule has 0 fully saturated rings. The first-order valence-electron chi connectivity index (χ1n) is 5.40. The predicted molar refractivity (Wildman–Crippen MR) is 71.6 cm³/mol. The first-order valence-corrected chi connectivity index (χ1v) is 6.16. The summed E-state index contributed by atoms with van der Waals surface area (Å²) in [4.78, 5) is 8.46. The number of rotatable bonds is 2. The third kappa shape index (κ3) is 2.59. The molecule has 88 valence electrons. The number of halogens is 2. The topological polar surface area (TPSA) is 25.8 Å². The van der Waals surface area contributed by atoms with Crippen molar-refractivity contribution in [3.05, 3.63) is 45.7 Å². The highest BCUT2D eigenvalue weighted by atomic mass is 35.5. The molecule has 2 nitrogen and oxygen atoms in total. The summed E-state index contributed by atoms with van der Waals surface area (Å²) in [6, 6.07) is 8.08. The van der Waals surface area contributed by atoms with Gasteiger partial charge in [0.25, 0.3) is 0 Å². The lowest BCUT2D eigenvalue weighted by atomic mass is 10.1. The summed E-state index contributed by atoms with van der Waals surface area (Å²) in [6.07, 6.45) is 1.01. The summed E-state index contributed by atoms with van der Waals surface area (Å²) in [7, 11) is 0. The molecular weight excluding hydrogens is 255 g/mol. The standard InChI is InChI=1S/C13H12Cl2N2/c1-3-9-4-6-10(7-5-9)13-16-11(14)8(2)12(15)17-13/h4-7H,3H2,1-2H3. The Bertz CT molecular complexity index is 513. The monoisotopic (exact) mass is 266 g/mol. The molecule has 0 saturated heterocycles. The van der Waals surface area contributed by atoms with E-state index in [0.29, 0.717) is 21.7 Å². The van der Waals surface area contributed by atoms with Crippen LogP contribution in [0.3, 0.4) is 0 Å². The molecular formula is C13H12Cl2N2. The van der Waals surface area contributed by atoms with Crippen LogP contribution in [-0.4, -0.2) is 9.97 Å². The molecule has 2 aromatic rings. The van der Waals surface area contributed by atoms with E-state index in [0.717, 1.165) is 12.0 Å². The number of benzene rings is 1. The molecule has 0 N–H and O–H groups in total. The summed E-state index contributed by atoms with van der Waals surface area (Å²) < 4.78 is 0. The lowest BCUT2D eigenvalue weighted by molar-refractivity contribution is 1.12. The molecule has 0 amide bonds. The van der Waals surface area contributed by atoms with Gasteiger partial charge < -0.3 is 0 Å². The van der Waals surface area contributed by atoms with Crippen molar-refractivity contribution in [2.75, 3.05) is 0 Å². The largest absolute Gasteiger partial charge is 0.216 e. The predicted octanol–water partition coefficient (Wildman–Crippen LogP) is 4.32. The summed E-state index contributed by atoms with van der Waals surface area (Å²) >= 11 is 12.0. The van der Waals surface area contributed by atoms with Gasteiger partial charge in [-0.15, -0.1) is 0 Å². The minimum absolute atomic E-state index is 0.402. The second kappa shape index (κ2) is 5.03. The highest BCUT2D eigenvalue weighted by Gasteiger charge is 2.08. The number of hydrogen-bond acceptors (Lipinski definition) is 2. The zero-order chi connectivity index (χ0) is 12.4. The van der Waals surface area contributed by atoms with Gasteiger partial charge in [0.1, 0.15) is 10.3 Å². The Morgan fingerprint density at radius 2 is 1.53 bits per heavy atom. The van der Waals surface area contributed by atoms with Crippen molar-refractivity contribution in [3.63, 3.8) is 0 Å². The number of hydrogen-bond donors (Lipinski definition) is 0. The second-order valence-electron chi connectivity index (χ2n) is 3.80. The maximum Gasteiger partial charge on any atom is 0.162 e. The lowest BCUT2D eigenvalue weighted by Gasteiger charge is -2.05. The van der Waals surface area contributed by atoms with Crippen LogP contribution < -0.4 is 0 Å². The van der Waals surface area contributed by atoms with Gasteiger partial charge in [0.15, 0.2) is 5.82 Å². The highest BCUT2D eigenvalue weighted by molar-refractivity contribution is 6.34. The van der Waals surface area contributed by atoms with E-state index in [4.69, 9.17) is 23.2 Å². The SMILES string of the molecule is CCc1ccc(-c2nc(Cl)c(C)c(Cl)n2)cc1. The van der Waals surface area contributed by atoms with Gasteiger partial charge in [0.05, 0.1) is 0 Å². The number of aromatic nitrogens is 2. The molecule has 1 aromatic carbocycles. The van der Waals surface area contributed by atoms with Crippen molar-refractivity contribution in [2.45, 2.75) is 20.3 Å². The normalized spacial score (nSPS) is 10.6. The third-order valence-electron chi connectivity index (χ3n) is 2.65. The average molecular weight is 267 g/mol. The minimum atomic E-state index is 0.402. The third-order valence-corrected chi connectivity index (χ3v) is 3.38. The van der Waals surface area contributed by atoms with Gasteiger partial charge in [0, 0.05) is 11.1 Å². The molecule has 2 rings (SSSR count). The maximum absolute atomic E-state index is 5.99. The van der Waals surface area contributed by atoms with Crippen molar-refractivity contribution in [3.8, 4) is 11.4 Å². The fraction of sp³-hybridized carbons (Fsp3) is 0.231. The zero-order valence-electron chi connectivity index (χ0n) is 9.67. The lowest BCUT2D eigenvalue weighted by Crippen LogP contribution is -1.94. The quantitative estimate of drug-likeness (QED) is 0.757. The van der Waals surface area contributed by atoms with Crippen LogP contribution in [0.5, 0.6) is 0 Å². The van der Waals surface area contributed by atoms with Gasteiger partial charge >= 0.3 is 0 Å². The Labute approximate surface area is 111 Å². The molecule has 0 spiro atoms. The van der Waals surface area contributed by atoms with E-state index >= 15 is 0 Å². The van der Waals surface area contributed by atoms with Crippen molar-refractivity contribution < 1.29 is 0 Å². The fourth-order valence-corrected chi connectivity index (χ4v) is 1.87. The van der Waals surface area contributed by atoms with Gasteiger partial charge in [0.2, 0.25) is 0 Å². The van der Waals surface area contributed by atoms with Crippen LogP contribution in [0.2, 0.25) is 10.3 Å². The first kappa shape index (κ1) is 12.3. The summed E-state index contributed by atoms with van der Waals surface area (Å²) in [5, 5.41) is 0.805. The number of nitrogens with zero attached hydrogens (tertiary/aromatic N) is 2. The molecule has 4 heteroatoms. The Kier molecular flexibility index (Phi) is 3.65. The van der Waals surface area contributed by atoms with Crippen molar-refractivity contribution in [1.29, 1.82) is 0 Å². The molecule has 0 atom stereocenters. The van der Waals surface area contributed by atoms with Gasteiger partial charge in [-0.25, -0.2) is 9.97 Å². The van der Waals surface area contributed by atoms with E-state index in [1.807, 2.05) is 12.1 Å². The summed E-state index contributed by atoms with van der Waals surface area (Å²) in [5.41, 5.74) is 2.91. The molecule has 1 heterocycles. The van der Waals surface area contributed by atoms with E-state index < -0.39 is 0 Å². The summed E-state index contributed by atoms with van der Waals surface area (Å²) in [6.45, 7) is 3.92. The smallest absolute Gasteiger partial charge is 0.162 e. The molecule has 0 unspecified atom stereocenters. The molecule has 17 heavy (non-hydrogen) atoms. The van der Waals surface area contributed by atoms with Gasteiger partial charge in [-0.1, -0.05) is 54.4 Å². The van der Waals surface area contributed by atoms with E-state index in [1.165, 1.54) is 5.56 Å². The van der Waals surface area contributed by atoms with Crippen LogP contribution in [0, 0.1) is 6.92 Å². The highest BCUT2D eigenvalue weighted by Crippen LogP contribution is 2.24. The van der Waals surface area contributed by atoms with Gasteiger partial charge in [-0.2, -0.15) is 0 Å². The van der Waals surface area contributed by atoms with Crippen LogP contribution in [-0.2, 0) is 6.42 Å². The molecule has 0 aliphatic heterocycles. The molecule has 0 aliphatic rings. The van der Waals surface area contributed by atoms with E-state index in [-0.39, 0.29) is 0 Å². The fourth-order valence-electron chi connectivity index (χ4n) is 1.48. The Morgan fingerprint density at radius 1 is 1.00 bits per heavy atom. The van der Waals surface area contributed by atoms with Crippen molar-refractivity contribution in [1.82, 2.24) is 9.97 Å². The molecule has 0 aliphatic carbocycles. The maximum atomic E-state index is 5.99. The summed E-state index contributed by atoms with van der Waals surface area (Å²) in [5.74, 6) is 0.563. The zero-order valence-corrected chi connectivity index (χ0v) is 11.2. The van der Waals surface area contributed by atoms with Crippen molar-refractivity contribution >= 4 is 23.2 Å². The van der Waals surface area contributed by atoms with Crippen LogP contribution in [0.1, 0.15) is 18.1 Å². The Hall–Kier alpha value is -1.12. The molecule has 1 aromatic heterocycles. The average Bonchev–Trinajstić information content (AvgIpc) is 2.35. The minimum Gasteiger partial charge on any atom is -0.216 e. The second-order valence-corrected chi connectivity index (χ2v) is 4.52. The molecule has 0 radical (unpaired) electrons. The van der Waals surface area contributed by atoms with E-state index in [9.17, 15) is 0 Å². The number of aryl methyl sites for hydroxylation is 1. The Balaban J connectivity index is 2.45. The van der Waals surface area contributed by atoms with E-state index in [2.05, 4.69) is 29.0 Å². The van der Waals surface area contributed by atoms with Crippen LogP contribution >= 0.6 is 23.2 Å². The Morgan fingerprint density at radius 3 is 2.00 bits per heavy atom. The van der Waals surface area contributed by atoms with Crippen LogP contribution in [0.25, 0.3) is 11.4 Å². The van der Waals surface area contributed by atoms with Crippen LogP contribution in [0.15, 0.2) is 24.3 Å². The van der Waals surface area contributed by atoms with Gasteiger partial charge in [-0.05, 0) is 18.9 Å². The molecule has 0 bridgehead atoms.